The minimum absolute atomic E-state index is 0.0188. The predicted molar refractivity (Wildman–Crippen MR) is 77.4 cm³/mol. The molecule has 6 nitrogen and oxygen atoms in total. The van der Waals surface area contributed by atoms with Gasteiger partial charge < -0.3 is 10.3 Å². The molecule has 24 heavy (non-hydrogen) atoms. The van der Waals surface area contributed by atoms with Gasteiger partial charge in [-0.15, -0.1) is 0 Å². The Morgan fingerprint density at radius 3 is 2.58 bits per heavy atom. The second kappa shape index (κ2) is 5.48. The number of pyridine rings is 1. The van der Waals surface area contributed by atoms with E-state index in [1.54, 1.807) is 0 Å². The monoisotopic (exact) mass is 340 g/mol. The molecule has 2 N–H and O–H groups in total. The molecule has 0 amide bonds. The molecule has 3 aromatic rings. The molecular formula is C14H8F4N4O2. The standard InChI is InChI=1S/C14H8F4N4O2/c15-9-5-7(22(23)24)1-2-10(9)21-11-3-4-19-13-12(11)8(6-20-13)14(16,17)18/h1-6H,(H2,19,20,21). The van der Waals surface area contributed by atoms with Gasteiger partial charge in [0.1, 0.15) is 5.65 Å². The molecule has 0 aliphatic carbocycles. The number of alkyl halides is 3. The fourth-order valence-corrected chi connectivity index (χ4v) is 2.25. The molecule has 10 heteroatoms. The lowest BCUT2D eigenvalue weighted by atomic mass is 10.1. The highest BCUT2D eigenvalue weighted by molar-refractivity contribution is 5.94. The van der Waals surface area contributed by atoms with Gasteiger partial charge in [0.15, 0.2) is 5.82 Å². The number of hydrogen-bond donors (Lipinski definition) is 2. The number of benzene rings is 1. The van der Waals surface area contributed by atoms with Crippen LogP contribution in [0.4, 0.5) is 34.6 Å². The molecule has 2 aromatic heterocycles. The summed E-state index contributed by atoms with van der Waals surface area (Å²) in [6, 6.07) is 4.07. The molecule has 0 unspecified atom stereocenters. The molecule has 0 saturated heterocycles. The molecule has 0 spiro atoms. The molecule has 124 valence electrons. The molecule has 0 radical (unpaired) electrons. The van der Waals surface area contributed by atoms with Crippen LogP contribution in [0.15, 0.2) is 36.7 Å². The van der Waals surface area contributed by atoms with E-state index >= 15 is 0 Å². The van der Waals surface area contributed by atoms with Crippen LogP contribution in [-0.2, 0) is 6.18 Å². The number of fused-ring (bicyclic) bond motifs is 1. The van der Waals surface area contributed by atoms with Crippen LogP contribution >= 0.6 is 0 Å². The number of nitrogens with one attached hydrogen (secondary N) is 2. The van der Waals surface area contributed by atoms with E-state index in [4.69, 9.17) is 0 Å². The quantitative estimate of drug-likeness (QED) is 0.421. The van der Waals surface area contributed by atoms with Gasteiger partial charge in [0.25, 0.3) is 5.69 Å². The van der Waals surface area contributed by atoms with E-state index in [0.717, 1.165) is 18.3 Å². The summed E-state index contributed by atoms with van der Waals surface area (Å²) in [5.74, 6) is -0.960. The topological polar surface area (TPSA) is 83.8 Å². The van der Waals surface area contributed by atoms with Crippen LogP contribution in [0, 0.1) is 15.9 Å². The highest BCUT2D eigenvalue weighted by Gasteiger charge is 2.35. The summed E-state index contributed by atoms with van der Waals surface area (Å²) in [5, 5.41) is 12.9. The Labute approximate surface area is 131 Å². The third-order valence-electron chi connectivity index (χ3n) is 3.31. The zero-order chi connectivity index (χ0) is 17.5. The number of halogens is 4. The average Bonchev–Trinajstić information content (AvgIpc) is 2.94. The molecule has 0 saturated carbocycles. The lowest BCUT2D eigenvalue weighted by Crippen LogP contribution is -2.05. The maximum absolute atomic E-state index is 13.9. The highest BCUT2D eigenvalue weighted by atomic mass is 19.4. The van der Waals surface area contributed by atoms with Crippen LogP contribution in [0.5, 0.6) is 0 Å². The van der Waals surface area contributed by atoms with E-state index in [0.29, 0.717) is 6.07 Å². The van der Waals surface area contributed by atoms with Crippen molar-refractivity contribution in [1.29, 1.82) is 0 Å². The van der Waals surface area contributed by atoms with Crippen LogP contribution in [0.1, 0.15) is 5.56 Å². The van der Waals surface area contributed by atoms with E-state index in [1.165, 1.54) is 12.3 Å². The zero-order valence-electron chi connectivity index (χ0n) is 11.7. The Bertz CT molecular complexity index is 936. The third kappa shape index (κ3) is 2.73. The van der Waals surface area contributed by atoms with Crippen LogP contribution in [0.3, 0.4) is 0 Å². The zero-order valence-corrected chi connectivity index (χ0v) is 11.7. The molecule has 1 aromatic carbocycles. The van der Waals surface area contributed by atoms with Crippen molar-refractivity contribution in [3.63, 3.8) is 0 Å². The SMILES string of the molecule is O=[N+]([O-])c1ccc(Nc2ccnc3[nH]cc(C(F)(F)F)c23)c(F)c1. The second-order valence-electron chi connectivity index (χ2n) is 4.83. The molecular weight excluding hydrogens is 332 g/mol. The number of rotatable bonds is 3. The Hall–Kier alpha value is -3.17. The van der Waals surface area contributed by atoms with Crippen molar-refractivity contribution in [2.75, 3.05) is 5.32 Å². The highest BCUT2D eigenvalue weighted by Crippen LogP contribution is 2.38. The number of non-ortho nitro benzene ring substituents is 1. The first-order valence-corrected chi connectivity index (χ1v) is 6.51. The number of aromatic amines is 1. The molecule has 2 heterocycles. The maximum Gasteiger partial charge on any atom is 0.418 e. The van der Waals surface area contributed by atoms with Gasteiger partial charge in [0, 0.05) is 18.5 Å². The van der Waals surface area contributed by atoms with Gasteiger partial charge in [-0.1, -0.05) is 0 Å². The van der Waals surface area contributed by atoms with Crippen LogP contribution in [0.2, 0.25) is 0 Å². The smallest absolute Gasteiger partial charge is 0.352 e. The van der Waals surface area contributed by atoms with Gasteiger partial charge in [-0.3, -0.25) is 10.1 Å². The molecule has 0 fully saturated rings. The van der Waals surface area contributed by atoms with Gasteiger partial charge in [-0.25, -0.2) is 9.37 Å². The summed E-state index contributed by atoms with van der Waals surface area (Å²) in [7, 11) is 0. The lowest BCUT2D eigenvalue weighted by Gasteiger charge is -2.11. The number of nitro groups is 1. The van der Waals surface area contributed by atoms with E-state index in [-0.39, 0.29) is 22.4 Å². The lowest BCUT2D eigenvalue weighted by molar-refractivity contribution is -0.385. The number of nitro benzene ring substituents is 1. The second-order valence-corrected chi connectivity index (χ2v) is 4.83. The predicted octanol–water partition coefficient (Wildman–Crippen LogP) is 4.37. The van der Waals surface area contributed by atoms with E-state index < -0.39 is 28.2 Å². The minimum Gasteiger partial charge on any atom is -0.352 e. The van der Waals surface area contributed by atoms with Crippen molar-refractivity contribution in [1.82, 2.24) is 9.97 Å². The normalized spacial score (nSPS) is 11.7. The largest absolute Gasteiger partial charge is 0.418 e. The first-order valence-electron chi connectivity index (χ1n) is 6.51. The van der Waals surface area contributed by atoms with Crippen molar-refractivity contribution in [2.45, 2.75) is 6.18 Å². The van der Waals surface area contributed by atoms with Crippen molar-refractivity contribution >= 4 is 28.1 Å². The number of anilines is 2. The van der Waals surface area contributed by atoms with Crippen molar-refractivity contribution in [3.8, 4) is 0 Å². The summed E-state index contributed by atoms with van der Waals surface area (Å²) in [4.78, 5) is 16.0. The van der Waals surface area contributed by atoms with Crippen molar-refractivity contribution in [3.05, 3.63) is 58.2 Å². The summed E-state index contributed by atoms with van der Waals surface area (Å²) < 4.78 is 53.1. The summed E-state index contributed by atoms with van der Waals surface area (Å²) >= 11 is 0. The minimum atomic E-state index is -4.62. The van der Waals surface area contributed by atoms with Crippen LogP contribution in [0.25, 0.3) is 11.0 Å². The van der Waals surface area contributed by atoms with Gasteiger partial charge >= 0.3 is 6.18 Å². The molecule has 0 bridgehead atoms. The van der Waals surface area contributed by atoms with Gasteiger partial charge in [0.05, 0.1) is 33.3 Å². The Morgan fingerprint density at radius 2 is 1.96 bits per heavy atom. The van der Waals surface area contributed by atoms with E-state index in [9.17, 15) is 27.7 Å². The summed E-state index contributed by atoms with van der Waals surface area (Å²) in [6.45, 7) is 0. The Kier molecular flexibility index (Phi) is 3.59. The number of H-pyrrole nitrogens is 1. The molecule has 0 aliphatic rings. The third-order valence-corrected chi connectivity index (χ3v) is 3.31. The van der Waals surface area contributed by atoms with E-state index in [1.807, 2.05) is 0 Å². The molecule has 0 atom stereocenters. The van der Waals surface area contributed by atoms with Gasteiger partial charge in [-0.05, 0) is 12.1 Å². The van der Waals surface area contributed by atoms with Gasteiger partial charge in [0.2, 0.25) is 0 Å². The first kappa shape index (κ1) is 15.7. The summed E-state index contributed by atoms with van der Waals surface area (Å²) in [6.07, 6.45) is -2.59. The average molecular weight is 340 g/mol. The first-order chi connectivity index (χ1) is 11.3. The van der Waals surface area contributed by atoms with Crippen molar-refractivity contribution < 1.29 is 22.5 Å². The Balaban J connectivity index is 2.08. The molecule has 0 aliphatic heterocycles. The van der Waals surface area contributed by atoms with Crippen LogP contribution < -0.4 is 5.32 Å². The van der Waals surface area contributed by atoms with Crippen molar-refractivity contribution in [2.24, 2.45) is 0 Å². The Morgan fingerprint density at radius 1 is 1.21 bits per heavy atom. The van der Waals surface area contributed by atoms with Crippen LogP contribution in [-0.4, -0.2) is 14.9 Å². The number of nitrogens with zero attached hydrogens (tertiary/aromatic N) is 2. The molecule has 3 rings (SSSR count). The van der Waals surface area contributed by atoms with Gasteiger partial charge in [-0.2, -0.15) is 13.2 Å². The summed E-state index contributed by atoms with van der Waals surface area (Å²) in [5.41, 5.74) is -1.65. The fourth-order valence-electron chi connectivity index (χ4n) is 2.25. The maximum atomic E-state index is 13.9. The number of aromatic nitrogens is 2. The number of hydrogen-bond acceptors (Lipinski definition) is 4. The fraction of sp³-hybridized carbons (Fsp3) is 0.0714. The van der Waals surface area contributed by atoms with E-state index in [2.05, 4.69) is 15.3 Å².